The minimum Gasteiger partial charge on any atom is -0.369 e. The van der Waals surface area contributed by atoms with Gasteiger partial charge in [0.25, 0.3) is 0 Å². The standard InChI is InChI=1S/C24H29N5O2/c1-17(30)26-23(15-18-16-25-22-6-4-3-5-21(18)22)24(31)27-19-7-9-20(10-8-19)29-13-11-28(2)12-14-29/h3-10,16,23,25H,11-15H2,1-2H3,(H,26,30)(H,27,31). The number of aromatic nitrogens is 1. The number of benzene rings is 2. The Balaban J connectivity index is 1.44. The maximum absolute atomic E-state index is 13.0. The molecule has 1 aromatic heterocycles. The Kier molecular flexibility index (Phi) is 6.23. The molecule has 0 saturated carbocycles. The van der Waals surface area contributed by atoms with Gasteiger partial charge in [-0.3, -0.25) is 9.59 Å². The molecule has 1 aliphatic heterocycles. The Labute approximate surface area is 182 Å². The quantitative estimate of drug-likeness (QED) is 0.574. The lowest BCUT2D eigenvalue weighted by Gasteiger charge is -2.34. The molecule has 0 radical (unpaired) electrons. The van der Waals surface area contributed by atoms with Gasteiger partial charge in [0.05, 0.1) is 0 Å². The van der Waals surface area contributed by atoms with Crippen LogP contribution < -0.4 is 15.5 Å². The first-order valence-electron chi connectivity index (χ1n) is 10.7. The number of nitrogens with one attached hydrogen (secondary N) is 3. The van der Waals surface area contributed by atoms with Crippen LogP contribution in [0.4, 0.5) is 11.4 Å². The zero-order valence-corrected chi connectivity index (χ0v) is 18.0. The van der Waals surface area contributed by atoms with E-state index in [2.05, 4.69) is 32.5 Å². The highest BCUT2D eigenvalue weighted by Crippen LogP contribution is 2.21. The Morgan fingerprint density at radius 1 is 1.03 bits per heavy atom. The Morgan fingerprint density at radius 2 is 1.74 bits per heavy atom. The molecule has 4 rings (SSSR count). The van der Waals surface area contributed by atoms with Crippen LogP contribution in [0.5, 0.6) is 0 Å². The summed E-state index contributed by atoms with van der Waals surface area (Å²) in [4.78, 5) is 32.6. The number of nitrogens with zero attached hydrogens (tertiary/aromatic N) is 2. The van der Waals surface area contributed by atoms with Crippen LogP contribution in [-0.4, -0.2) is 61.0 Å². The summed E-state index contributed by atoms with van der Waals surface area (Å²) < 4.78 is 0. The second kappa shape index (κ2) is 9.22. The van der Waals surface area contributed by atoms with Crippen molar-refractivity contribution in [3.63, 3.8) is 0 Å². The maximum Gasteiger partial charge on any atom is 0.247 e. The number of hydrogen-bond acceptors (Lipinski definition) is 4. The molecule has 162 valence electrons. The van der Waals surface area contributed by atoms with Gasteiger partial charge in [-0.1, -0.05) is 18.2 Å². The fraction of sp³-hybridized carbons (Fsp3) is 0.333. The number of carbonyl (C=O) groups is 2. The zero-order chi connectivity index (χ0) is 21.8. The number of aromatic amines is 1. The third-order valence-electron chi connectivity index (χ3n) is 5.80. The first-order valence-corrected chi connectivity index (χ1v) is 10.7. The molecule has 1 saturated heterocycles. The summed E-state index contributed by atoms with van der Waals surface area (Å²) in [6.45, 7) is 5.52. The second-order valence-electron chi connectivity index (χ2n) is 8.14. The van der Waals surface area contributed by atoms with Crippen molar-refractivity contribution < 1.29 is 9.59 Å². The number of amides is 2. The lowest BCUT2D eigenvalue weighted by Crippen LogP contribution is -2.44. The molecule has 31 heavy (non-hydrogen) atoms. The van der Waals surface area contributed by atoms with Gasteiger partial charge in [-0.05, 0) is 42.9 Å². The van der Waals surface area contributed by atoms with Crippen LogP contribution in [0.1, 0.15) is 12.5 Å². The van der Waals surface area contributed by atoms with E-state index >= 15 is 0 Å². The summed E-state index contributed by atoms with van der Waals surface area (Å²) in [6, 6.07) is 15.2. The van der Waals surface area contributed by atoms with Gasteiger partial charge >= 0.3 is 0 Å². The molecule has 2 amide bonds. The van der Waals surface area contributed by atoms with Crippen molar-refractivity contribution in [1.82, 2.24) is 15.2 Å². The van der Waals surface area contributed by atoms with E-state index in [1.807, 2.05) is 54.7 Å². The van der Waals surface area contributed by atoms with Crippen LogP contribution in [-0.2, 0) is 16.0 Å². The molecule has 1 unspecified atom stereocenters. The highest BCUT2D eigenvalue weighted by atomic mass is 16.2. The Morgan fingerprint density at radius 3 is 2.45 bits per heavy atom. The third-order valence-corrected chi connectivity index (χ3v) is 5.80. The largest absolute Gasteiger partial charge is 0.369 e. The van der Waals surface area contributed by atoms with Crippen LogP contribution in [0.3, 0.4) is 0 Å². The minimum absolute atomic E-state index is 0.229. The monoisotopic (exact) mass is 419 g/mol. The highest BCUT2D eigenvalue weighted by molar-refractivity contribution is 5.97. The Bertz CT molecular complexity index is 1050. The summed E-state index contributed by atoms with van der Waals surface area (Å²) in [5.74, 6) is -0.460. The predicted octanol–water partition coefficient (Wildman–Crippen LogP) is 2.61. The lowest BCUT2D eigenvalue weighted by atomic mass is 10.0. The second-order valence-corrected chi connectivity index (χ2v) is 8.14. The van der Waals surface area contributed by atoms with Crippen molar-refractivity contribution in [2.24, 2.45) is 0 Å². The van der Waals surface area contributed by atoms with Gasteiger partial charge in [0, 0.05) is 68.0 Å². The number of rotatable bonds is 6. The van der Waals surface area contributed by atoms with E-state index in [1.54, 1.807) is 0 Å². The molecule has 1 fully saturated rings. The first kappa shape index (κ1) is 20.9. The van der Waals surface area contributed by atoms with Crippen molar-refractivity contribution in [2.75, 3.05) is 43.4 Å². The van der Waals surface area contributed by atoms with E-state index in [1.165, 1.54) is 6.92 Å². The van der Waals surface area contributed by atoms with E-state index < -0.39 is 6.04 Å². The Hall–Kier alpha value is -3.32. The summed E-state index contributed by atoms with van der Waals surface area (Å²) in [5.41, 5.74) is 3.88. The molecule has 1 atom stereocenters. The number of H-pyrrole nitrogens is 1. The van der Waals surface area contributed by atoms with E-state index in [-0.39, 0.29) is 11.8 Å². The number of likely N-dealkylation sites (N-methyl/N-ethyl adjacent to an activating group) is 1. The maximum atomic E-state index is 13.0. The number of anilines is 2. The topological polar surface area (TPSA) is 80.5 Å². The number of fused-ring (bicyclic) bond motifs is 1. The van der Waals surface area contributed by atoms with Gasteiger partial charge < -0.3 is 25.4 Å². The molecule has 3 N–H and O–H groups in total. The molecular weight excluding hydrogens is 390 g/mol. The third kappa shape index (κ3) is 5.06. The number of carbonyl (C=O) groups excluding carboxylic acids is 2. The lowest BCUT2D eigenvalue weighted by molar-refractivity contribution is -0.125. The van der Waals surface area contributed by atoms with Crippen LogP contribution in [0, 0.1) is 0 Å². The smallest absolute Gasteiger partial charge is 0.247 e. The molecule has 2 aromatic carbocycles. The molecular formula is C24H29N5O2. The van der Waals surface area contributed by atoms with Crippen molar-refractivity contribution in [3.8, 4) is 0 Å². The van der Waals surface area contributed by atoms with Gasteiger partial charge in [0.1, 0.15) is 6.04 Å². The van der Waals surface area contributed by atoms with E-state index in [4.69, 9.17) is 0 Å². The van der Waals surface area contributed by atoms with E-state index in [0.717, 1.165) is 54.0 Å². The summed E-state index contributed by atoms with van der Waals surface area (Å²) >= 11 is 0. The van der Waals surface area contributed by atoms with Crippen LogP contribution >= 0.6 is 0 Å². The summed E-state index contributed by atoms with van der Waals surface area (Å²) in [5, 5.41) is 6.80. The molecule has 0 bridgehead atoms. The number of para-hydroxylation sites is 1. The molecule has 3 aromatic rings. The van der Waals surface area contributed by atoms with Crippen molar-refractivity contribution in [3.05, 3.63) is 60.3 Å². The minimum atomic E-state index is -0.658. The van der Waals surface area contributed by atoms with Gasteiger partial charge in [-0.2, -0.15) is 0 Å². The van der Waals surface area contributed by atoms with Gasteiger partial charge in [0.2, 0.25) is 11.8 Å². The predicted molar refractivity (Wildman–Crippen MR) is 124 cm³/mol. The normalized spacial score (nSPS) is 15.6. The molecule has 0 spiro atoms. The average Bonchev–Trinajstić information content (AvgIpc) is 3.17. The van der Waals surface area contributed by atoms with Gasteiger partial charge in [0.15, 0.2) is 0 Å². The first-order chi connectivity index (χ1) is 15.0. The summed E-state index contributed by atoms with van der Waals surface area (Å²) in [7, 11) is 2.14. The van der Waals surface area contributed by atoms with Gasteiger partial charge in [-0.15, -0.1) is 0 Å². The number of hydrogen-bond donors (Lipinski definition) is 3. The van der Waals surface area contributed by atoms with Crippen LogP contribution in [0.25, 0.3) is 10.9 Å². The number of piperazine rings is 1. The molecule has 7 nitrogen and oxygen atoms in total. The van der Waals surface area contributed by atoms with Crippen molar-refractivity contribution in [2.45, 2.75) is 19.4 Å². The van der Waals surface area contributed by atoms with Gasteiger partial charge in [-0.25, -0.2) is 0 Å². The van der Waals surface area contributed by atoms with E-state index in [0.29, 0.717) is 6.42 Å². The van der Waals surface area contributed by atoms with E-state index in [9.17, 15) is 9.59 Å². The average molecular weight is 420 g/mol. The fourth-order valence-corrected chi connectivity index (χ4v) is 4.02. The summed E-state index contributed by atoms with van der Waals surface area (Å²) in [6.07, 6.45) is 2.31. The fourth-order valence-electron chi connectivity index (χ4n) is 4.02. The molecule has 0 aliphatic carbocycles. The zero-order valence-electron chi connectivity index (χ0n) is 18.0. The molecule has 1 aliphatic rings. The van der Waals surface area contributed by atoms with Crippen LogP contribution in [0.2, 0.25) is 0 Å². The van der Waals surface area contributed by atoms with Crippen molar-refractivity contribution >= 4 is 34.1 Å². The molecule has 2 heterocycles. The van der Waals surface area contributed by atoms with Crippen molar-refractivity contribution in [1.29, 1.82) is 0 Å². The highest BCUT2D eigenvalue weighted by Gasteiger charge is 2.22. The SMILES string of the molecule is CC(=O)NC(Cc1c[nH]c2ccccc12)C(=O)Nc1ccc(N2CCN(C)CC2)cc1. The molecule has 7 heteroatoms. The van der Waals surface area contributed by atoms with Crippen LogP contribution in [0.15, 0.2) is 54.7 Å².